The Balaban J connectivity index is 2.16. The molecule has 5 atom stereocenters. The monoisotopic (exact) mass is 347 g/mol. The summed E-state index contributed by atoms with van der Waals surface area (Å²) in [6.07, 6.45) is -3.90. The summed E-state index contributed by atoms with van der Waals surface area (Å²) < 4.78 is 27.4. The highest BCUT2D eigenvalue weighted by atomic mass is 16.8. The molecule has 0 saturated carbocycles. The minimum atomic E-state index is -1.37. The first kappa shape index (κ1) is 18.9. The lowest BCUT2D eigenvalue weighted by Gasteiger charge is -2.28. The summed E-state index contributed by atoms with van der Waals surface area (Å²) in [6.45, 7) is 8.48. The Morgan fingerprint density at radius 2 is 1.79 bits per heavy atom. The Kier molecular flexibility index (Phi) is 5.10. The molecule has 2 saturated heterocycles. The summed E-state index contributed by atoms with van der Waals surface area (Å²) >= 11 is 0. The van der Waals surface area contributed by atoms with E-state index in [2.05, 4.69) is 5.32 Å². The van der Waals surface area contributed by atoms with E-state index in [1.54, 1.807) is 34.6 Å². The molecule has 0 bridgehead atoms. The molecule has 0 radical (unpaired) electrons. The molecule has 1 amide bonds. The first-order chi connectivity index (χ1) is 10.9. The van der Waals surface area contributed by atoms with Crippen LogP contribution in [0.3, 0.4) is 0 Å². The maximum Gasteiger partial charge on any atom is 0.408 e. The van der Waals surface area contributed by atoms with Crippen LogP contribution in [0.15, 0.2) is 0 Å². The topological polar surface area (TPSA) is 113 Å². The molecule has 4 unspecified atom stereocenters. The molecular weight excluding hydrogens is 322 g/mol. The van der Waals surface area contributed by atoms with Crippen molar-refractivity contribution in [2.75, 3.05) is 7.11 Å². The number of nitrogens with one attached hydrogen (secondary N) is 1. The molecule has 0 aromatic rings. The van der Waals surface area contributed by atoms with Gasteiger partial charge in [0.15, 0.2) is 18.1 Å². The van der Waals surface area contributed by atoms with Crippen molar-refractivity contribution in [3.05, 3.63) is 0 Å². The van der Waals surface area contributed by atoms with Gasteiger partial charge in [-0.25, -0.2) is 9.59 Å². The zero-order chi connectivity index (χ0) is 18.3. The van der Waals surface area contributed by atoms with Gasteiger partial charge < -0.3 is 34.1 Å². The van der Waals surface area contributed by atoms with Crippen LogP contribution >= 0.6 is 0 Å². The largest absolute Gasteiger partial charge is 0.480 e. The molecule has 2 aliphatic rings. The number of alkyl carbamates (subject to hydrolysis) is 1. The predicted octanol–water partition coefficient (Wildman–Crippen LogP) is 0.856. The third-order valence-corrected chi connectivity index (χ3v) is 3.55. The van der Waals surface area contributed by atoms with E-state index in [1.807, 2.05) is 0 Å². The molecule has 9 heteroatoms. The van der Waals surface area contributed by atoms with Gasteiger partial charge in [-0.1, -0.05) is 0 Å². The summed E-state index contributed by atoms with van der Waals surface area (Å²) in [5.41, 5.74) is -0.754. The van der Waals surface area contributed by atoms with Gasteiger partial charge in [0, 0.05) is 7.11 Å². The number of carboxylic acids is 1. The van der Waals surface area contributed by atoms with Crippen molar-refractivity contribution >= 4 is 12.1 Å². The van der Waals surface area contributed by atoms with E-state index >= 15 is 0 Å². The van der Waals surface area contributed by atoms with Crippen molar-refractivity contribution in [1.82, 2.24) is 5.32 Å². The highest BCUT2D eigenvalue weighted by Gasteiger charge is 2.59. The van der Waals surface area contributed by atoms with Crippen molar-refractivity contribution < 1.29 is 38.4 Å². The van der Waals surface area contributed by atoms with Gasteiger partial charge in [0.05, 0.1) is 0 Å². The van der Waals surface area contributed by atoms with Crippen LogP contribution in [0.4, 0.5) is 4.79 Å². The number of fused-ring (bicyclic) bond motifs is 1. The Labute approximate surface area is 140 Å². The first-order valence-electron chi connectivity index (χ1n) is 7.70. The van der Waals surface area contributed by atoms with Crippen LogP contribution < -0.4 is 5.32 Å². The zero-order valence-corrected chi connectivity index (χ0v) is 14.7. The van der Waals surface area contributed by atoms with E-state index in [9.17, 15) is 14.7 Å². The maximum absolute atomic E-state index is 11.9. The highest BCUT2D eigenvalue weighted by molar-refractivity contribution is 5.80. The molecule has 0 aromatic heterocycles. The van der Waals surface area contributed by atoms with E-state index in [1.165, 1.54) is 7.11 Å². The number of carboxylic acid groups (broad SMARTS) is 1. The van der Waals surface area contributed by atoms with Gasteiger partial charge in [0.25, 0.3) is 0 Å². The van der Waals surface area contributed by atoms with Gasteiger partial charge in [-0.15, -0.1) is 0 Å². The third-order valence-electron chi connectivity index (χ3n) is 3.55. The summed E-state index contributed by atoms with van der Waals surface area (Å²) in [5.74, 6) is -2.17. The van der Waals surface area contributed by atoms with E-state index in [0.717, 1.165) is 0 Å². The van der Waals surface area contributed by atoms with Gasteiger partial charge in [-0.3, -0.25) is 0 Å². The number of amides is 1. The fourth-order valence-corrected chi connectivity index (χ4v) is 2.77. The van der Waals surface area contributed by atoms with E-state index in [-0.39, 0.29) is 0 Å². The number of hydrogen-bond acceptors (Lipinski definition) is 7. The molecule has 2 rings (SSSR count). The van der Waals surface area contributed by atoms with E-state index in [4.69, 9.17) is 23.7 Å². The molecule has 2 fully saturated rings. The number of aliphatic carboxylic acids is 1. The summed E-state index contributed by atoms with van der Waals surface area (Å²) in [4.78, 5) is 23.6. The minimum absolute atomic E-state index is 0.586. The fourth-order valence-electron chi connectivity index (χ4n) is 2.77. The van der Waals surface area contributed by atoms with Crippen molar-refractivity contribution in [2.24, 2.45) is 0 Å². The third kappa shape index (κ3) is 4.15. The second-order valence-electron chi connectivity index (χ2n) is 7.23. The van der Waals surface area contributed by atoms with Gasteiger partial charge in [-0.2, -0.15) is 0 Å². The number of ether oxygens (including phenoxy) is 5. The van der Waals surface area contributed by atoms with Crippen LogP contribution in [0.2, 0.25) is 0 Å². The number of carbonyl (C=O) groups excluding carboxylic acids is 1. The van der Waals surface area contributed by atoms with Gasteiger partial charge in [0.2, 0.25) is 0 Å². The normalized spacial score (nSPS) is 32.9. The summed E-state index contributed by atoms with van der Waals surface area (Å²) in [6, 6.07) is -1.37. The molecule has 9 nitrogen and oxygen atoms in total. The SMILES string of the molecule is COC1OC([C@H](NC(=O)OC(C)(C)C)C(=O)O)C2OC(C)(C)OC12. The molecule has 24 heavy (non-hydrogen) atoms. The standard InChI is InChI=1S/C15H25NO8/c1-14(2,3)24-13(19)16-7(11(17)18)8-9-10(12(20-6)21-8)23-15(4,5)22-9/h7-10,12H,1-6H3,(H,16,19)(H,17,18)/t7-,8?,9?,10?,12?/m0/s1. The average Bonchev–Trinajstić information content (AvgIpc) is 2.86. The molecule has 0 aliphatic carbocycles. The van der Waals surface area contributed by atoms with Gasteiger partial charge in [-0.05, 0) is 34.6 Å². The van der Waals surface area contributed by atoms with Crippen LogP contribution in [0, 0.1) is 0 Å². The Morgan fingerprint density at radius 1 is 1.21 bits per heavy atom. The smallest absolute Gasteiger partial charge is 0.408 e. The molecule has 2 aliphatic heterocycles. The Hall–Kier alpha value is -1.42. The molecule has 2 heterocycles. The minimum Gasteiger partial charge on any atom is -0.480 e. The molecule has 0 aromatic carbocycles. The number of methoxy groups -OCH3 is 1. The average molecular weight is 347 g/mol. The fraction of sp³-hybridized carbons (Fsp3) is 0.867. The van der Waals surface area contributed by atoms with E-state index in [0.29, 0.717) is 0 Å². The summed E-state index contributed by atoms with van der Waals surface area (Å²) in [5, 5.41) is 11.8. The van der Waals surface area contributed by atoms with Crippen molar-refractivity contribution in [2.45, 2.75) is 76.7 Å². The quantitative estimate of drug-likeness (QED) is 0.770. The lowest BCUT2D eigenvalue weighted by Crippen LogP contribution is -2.54. The number of hydrogen-bond donors (Lipinski definition) is 2. The summed E-state index contributed by atoms with van der Waals surface area (Å²) in [7, 11) is 1.43. The predicted molar refractivity (Wildman–Crippen MR) is 80.3 cm³/mol. The van der Waals surface area contributed by atoms with Crippen molar-refractivity contribution in [1.29, 1.82) is 0 Å². The molecule has 2 N–H and O–H groups in total. The molecule has 138 valence electrons. The Bertz CT molecular complexity index is 500. The van der Waals surface area contributed by atoms with Gasteiger partial charge >= 0.3 is 12.1 Å². The number of carbonyl (C=O) groups is 2. The van der Waals surface area contributed by atoms with Crippen LogP contribution in [-0.4, -0.2) is 66.3 Å². The first-order valence-corrected chi connectivity index (χ1v) is 7.70. The van der Waals surface area contributed by atoms with Crippen LogP contribution in [-0.2, 0) is 28.5 Å². The molecule has 0 spiro atoms. The zero-order valence-electron chi connectivity index (χ0n) is 14.7. The van der Waals surface area contributed by atoms with Crippen molar-refractivity contribution in [3.63, 3.8) is 0 Å². The second kappa shape index (κ2) is 6.47. The molecular formula is C15H25NO8. The van der Waals surface area contributed by atoms with Crippen molar-refractivity contribution in [3.8, 4) is 0 Å². The van der Waals surface area contributed by atoms with Crippen LogP contribution in [0.25, 0.3) is 0 Å². The van der Waals surface area contributed by atoms with Crippen LogP contribution in [0.1, 0.15) is 34.6 Å². The second-order valence-corrected chi connectivity index (χ2v) is 7.23. The van der Waals surface area contributed by atoms with Gasteiger partial charge in [0.1, 0.15) is 23.9 Å². The van der Waals surface area contributed by atoms with E-state index < -0.39 is 54.1 Å². The lowest BCUT2D eigenvalue weighted by molar-refractivity contribution is -0.230. The lowest BCUT2D eigenvalue weighted by atomic mass is 10.0. The van der Waals surface area contributed by atoms with Crippen LogP contribution in [0.5, 0.6) is 0 Å². The Morgan fingerprint density at radius 3 is 2.29 bits per heavy atom. The maximum atomic E-state index is 11.9. The number of rotatable bonds is 4. The highest BCUT2D eigenvalue weighted by Crippen LogP contribution is 2.40.